The van der Waals surface area contributed by atoms with Crippen LogP contribution < -0.4 is 15.5 Å². The summed E-state index contributed by atoms with van der Waals surface area (Å²) in [6.45, 7) is 1.34. The number of nitrogens with zero attached hydrogens (tertiary/aromatic N) is 1. The summed E-state index contributed by atoms with van der Waals surface area (Å²) in [4.78, 5) is 35.5. The molecule has 0 bridgehead atoms. The molecule has 0 radical (unpaired) electrons. The number of carbonyl (C=O) groups is 3. The highest BCUT2D eigenvalue weighted by atomic mass is 16.4. The molecule has 1 aromatic carbocycles. The van der Waals surface area contributed by atoms with Crippen molar-refractivity contribution in [2.75, 3.05) is 23.3 Å². The number of hydrogen-bond donors (Lipinski definition) is 3. The summed E-state index contributed by atoms with van der Waals surface area (Å²) in [6, 6.07) is 6.06. The second-order valence-corrected chi connectivity index (χ2v) is 4.54. The van der Waals surface area contributed by atoms with Crippen LogP contribution in [0.3, 0.4) is 0 Å². The molecule has 1 atom stereocenters. The fraction of sp³-hybridized carbons (Fsp3) is 0.308. The van der Waals surface area contributed by atoms with Crippen molar-refractivity contribution in [1.82, 2.24) is 5.32 Å². The van der Waals surface area contributed by atoms with Crippen LogP contribution in [0.4, 0.5) is 11.4 Å². The molecule has 3 N–H and O–H groups in total. The lowest BCUT2D eigenvalue weighted by Gasteiger charge is -2.32. The zero-order valence-corrected chi connectivity index (χ0v) is 10.9. The lowest BCUT2D eigenvalue weighted by atomic mass is 10.1. The molecule has 7 nitrogen and oxygen atoms in total. The Kier molecular flexibility index (Phi) is 3.88. The minimum Gasteiger partial charge on any atom is -0.480 e. The minimum atomic E-state index is -1.14. The number of para-hydroxylation sites is 2. The number of nitrogens with one attached hydrogen (secondary N) is 2. The van der Waals surface area contributed by atoms with E-state index in [-0.39, 0.29) is 19.0 Å². The second-order valence-electron chi connectivity index (χ2n) is 4.54. The van der Waals surface area contributed by atoms with E-state index >= 15 is 0 Å². The number of amides is 2. The number of carbonyl (C=O) groups excluding carboxylic acids is 2. The van der Waals surface area contributed by atoms with Crippen molar-refractivity contribution in [1.29, 1.82) is 0 Å². The molecule has 0 saturated carbocycles. The van der Waals surface area contributed by atoms with Gasteiger partial charge in [-0.25, -0.2) is 4.79 Å². The van der Waals surface area contributed by atoms with Gasteiger partial charge in [0.1, 0.15) is 6.04 Å². The van der Waals surface area contributed by atoms with Crippen LogP contribution in [0.1, 0.15) is 6.92 Å². The smallest absolute Gasteiger partial charge is 0.328 e. The van der Waals surface area contributed by atoms with Crippen molar-refractivity contribution in [3.8, 4) is 0 Å². The quantitative estimate of drug-likeness (QED) is 0.721. The molecule has 1 heterocycles. The first kappa shape index (κ1) is 13.9. The van der Waals surface area contributed by atoms with E-state index < -0.39 is 17.9 Å². The van der Waals surface area contributed by atoms with E-state index in [0.29, 0.717) is 5.69 Å². The molecule has 106 valence electrons. The molecule has 2 amide bonds. The maximum Gasteiger partial charge on any atom is 0.328 e. The molecule has 0 fully saturated rings. The average molecular weight is 277 g/mol. The van der Waals surface area contributed by atoms with Gasteiger partial charge in [0.2, 0.25) is 11.8 Å². The van der Waals surface area contributed by atoms with E-state index in [9.17, 15) is 14.4 Å². The molecular formula is C13H15N3O4. The van der Waals surface area contributed by atoms with Gasteiger partial charge in [-0.05, 0) is 12.1 Å². The topological polar surface area (TPSA) is 98.7 Å². The predicted molar refractivity (Wildman–Crippen MR) is 72.5 cm³/mol. The van der Waals surface area contributed by atoms with Gasteiger partial charge < -0.3 is 20.6 Å². The molecule has 2 rings (SSSR count). The van der Waals surface area contributed by atoms with Gasteiger partial charge in [-0.15, -0.1) is 0 Å². The van der Waals surface area contributed by atoms with Crippen molar-refractivity contribution < 1.29 is 19.5 Å². The molecule has 7 heteroatoms. The lowest BCUT2D eigenvalue weighted by molar-refractivity contribution is -0.141. The summed E-state index contributed by atoms with van der Waals surface area (Å²) in [6.07, 6.45) is 0. The molecule has 1 aromatic rings. The average Bonchev–Trinajstić information content (AvgIpc) is 2.37. The normalized spacial score (nSPS) is 15.1. The number of aliphatic carboxylic acids is 1. The Labute approximate surface area is 115 Å². The molecule has 1 aliphatic rings. The first-order chi connectivity index (χ1) is 9.47. The molecule has 1 aliphatic heterocycles. The Morgan fingerprint density at radius 3 is 2.80 bits per heavy atom. The van der Waals surface area contributed by atoms with Gasteiger partial charge in [-0.3, -0.25) is 9.59 Å². The van der Waals surface area contributed by atoms with Gasteiger partial charge in [0.15, 0.2) is 0 Å². The summed E-state index contributed by atoms with van der Waals surface area (Å²) in [5.74, 6) is -1.77. The number of benzene rings is 1. The number of carboxylic acids is 1. The third-order valence-corrected chi connectivity index (χ3v) is 2.93. The first-order valence-corrected chi connectivity index (χ1v) is 6.11. The van der Waals surface area contributed by atoms with Crippen molar-refractivity contribution in [3.05, 3.63) is 24.3 Å². The van der Waals surface area contributed by atoms with E-state index in [2.05, 4.69) is 10.6 Å². The van der Waals surface area contributed by atoms with E-state index in [0.717, 1.165) is 5.69 Å². The molecule has 1 unspecified atom stereocenters. The monoisotopic (exact) mass is 277 g/mol. The SMILES string of the molecule is CC(=O)NC(CN1CC(=O)Nc2ccccc21)C(=O)O. The van der Waals surface area contributed by atoms with Crippen molar-refractivity contribution in [2.24, 2.45) is 0 Å². The minimum absolute atomic E-state index is 0.0271. The van der Waals surface area contributed by atoms with Crippen LogP contribution in [0.5, 0.6) is 0 Å². The summed E-state index contributed by atoms with van der Waals surface area (Å²) in [5.41, 5.74) is 1.37. The summed E-state index contributed by atoms with van der Waals surface area (Å²) < 4.78 is 0. The molecule has 0 saturated heterocycles. The number of fused-ring (bicyclic) bond motifs is 1. The van der Waals surface area contributed by atoms with Gasteiger partial charge >= 0.3 is 5.97 Å². The molecule has 0 aromatic heterocycles. The maximum atomic E-state index is 11.6. The highest BCUT2D eigenvalue weighted by Crippen LogP contribution is 2.28. The highest BCUT2D eigenvalue weighted by molar-refractivity contribution is 6.01. The fourth-order valence-electron chi connectivity index (χ4n) is 2.12. The summed E-state index contributed by atoms with van der Waals surface area (Å²) in [5, 5.41) is 14.2. The zero-order chi connectivity index (χ0) is 14.7. The van der Waals surface area contributed by atoms with Crippen LogP contribution in [0.15, 0.2) is 24.3 Å². The van der Waals surface area contributed by atoms with Gasteiger partial charge in [0.05, 0.1) is 17.9 Å². The summed E-state index contributed by atoms with van der Waals surface area (Å²) in [7, 11) is 0. The molecule has 0 aliphatic carbocycles. The number of carboxylic acid groups (broad SMARTS) is 1. The predicted octanol–water partition coefficient (Wildman–Crippen LogP) is 0.0344. The third kappa shape index (κ3) is 3.05. The van der Waals surface area contributed by atoms with Crippen LogP contribution in [0, 0.1) is 0 Å². The first-order valence-electron chi connectivity index (χ1n) is 6.11. The maximum absolute atomic E-state index is 11.6. The van der Waals surface area contributed by atoms with E-state index in [4.69, 9.17) is 5.11 Å². The van der Waals surface area contributed by atoms with E-state index in [1.807, 2.05) is 0 Å². The fourth-order valence-corrected chi connectivity index (χ4v) is 2.12. The lowest BCUT2D eigenvalue weighted by Crippen LogP contribution is -2.50. The van der Waals surface area contributed by atoms with Crippen molar-refractivity contribution in [2.45, 2.75) is 13.0 Å². The Balaban J connectivity index is 2.21. The van der Waals surface area contributed by atoms with E-state index in [1.165, 1.54) is 6.92 Å². The van der Waals surface area contributed by atoms with Crippen molar-refractivity contribution >= 4 is 29.2 Å². The molecule has 20 heavy (non-hydrogen) atoms. The number of hydrogen-bond acceptors (Lipinski definition) is 4. The van der Waals surface area contributed by atoms with Crippen LogP contribution in [-0.2, 0) is 14.4 Å². The summed E-state index contributed by atoms with van der Waals surface area (Å²) >= 11 is 0. The second kappa shape index (κ2) is 5.60. The van der Waals surface area contributed by atoms with Gasteiger partial charge in [-0.2, -0.15) is 0 Å². The number of rotatable bonds is 4. The van der Waals surface area contributed by atoms with Crippen LogP contribution in [0.2, 0.25) is 0 Å². The standard InChI is InChI=1S/C13H15N3O4/c1-8(17)14-10(13(19)20)6-16-7-12(18)15-9-4-2-3-5-11(9)16/h2-5,10H,6-7H2,1H3,(H,14,17)(H,15,18)(H,19,20). The highest BCUT2D eigenvalue weighted by Gasteiger charge is 2.27. The Morgan fingerprint density at radius 2 is 2.15 bits per heavy atom. The van der Waals surface area contributed by atoms with Crippen molar-refractivity contribution in [3.63, 3.8) is 0 Å². The van der Waals surface area contributed by atoms with E-state index in [1.54, 1.807) is 29.2 Å². The third-order valence-electron chi connectivity index (χ3n) is 2.93. The zero-order valence-electron chi connectivity index (χ0n) is 10.9. The van der Waals surface area contributed by atoms with Gasteiger partial charge in [0, 0.05) is 13.5 Å². The molecule has 0 spiro atoms. The number of anilines is 2. The molecular weight excluding hydrogens is 262 g/mol. The largest absolute Gasteiger partial charge is 0.480 e. The Hall–Kier alpha value is -2.57. The Morgan fingerprint density at radius 1 is 1.45 bits per heavy atom. The Bertz CT molecular complexity index is 558. The van der Waals surface area contributed by atoms with Gasteiger partial charge in [-0.1, -0.05) is 12.1 Å². The van der Waals surface area contributed by atoms with Crippen LogP contribution in [0.25, 0.3) is 0 Å². The van der Waals surface area contributed by atoms with Gasteiger partial charge in [0.25, 0.3) is 0 Å². The van der Waals surface area contributed by atoms with Crippen LogP contribution >= 0.6 is 0 Å². The van der Waals surface area contributed by atoms with Crippen LogP contribution in [-0.4, -0.2) is 42.0 Å².